The van der Waals surface area contributed by atoms with E-state index >= 15 is 0 Å². The predicted molar refractivity (Wildman–Crippen MR) is 88.3 cm³/mol. The van der Waals surface area contributed by atoms with E-state index in [2.05, 4.69) is 0 Å². The van der Waals surface area contributed by atoms with Gasteiger partial charge >= 0.3 is 0 Å². The highest BCUT2D eigenvalue weighted by atomic mass is 19.1. The molecule has 0 bridgehead atoms. The Kier molecular flexibility index (Phi) is 4.01. The Labute approximate surface area is 139 Å². The quantitative estimate of drug-likeness (QED) is 0.867. The third-order valence-electron chi connectivity index (χ3n) is 4.26. The van der Waals surface area contributed by atoms with Crippen molar-refractivity contribution in [1.82, 2.24) is 0 Å². The molecule has 1 aliphatic rings. The zero-order chi connectivity index (χ0) is 17.4. The second kappa shape index (κ2) is 6.00. The Morgan fingerprint density at radius 3 is 2.29 bits per heavy atom. The molecule has 1 aliphatic carbocycles. The summed E-state index contributed by atoms with van der Waals surface area (Å²) in [6, 6.07) is 7.62. The normalized spacial score (nSPS) is 17.9. The number of hydrogen-bond donors (Lipinski definition) is 1. The number of hydrogen-bond acceptors (Lipinski definition) is 4. The molecule has 4 nitrogen and oxygen atoms in total. The maximum atomic E-state index is 14.1. The standard InChI is InChI=1S/C19H17FO4/c1-10-14(8-11-6-12(23-2)9-13(7-11)24-3)19(22)18-16(21)5-4-15(20)17(10)18/h4-10,21H,1-3H3/b14-8+/t10-/m0/s1. The van der Waals surface area contributed by atoms with Crippen LogP contribution in [-0.4, -0.2) is 25.1 Å². The number of rotatable bonds is 3. The van der Waals surface area contributed by atoms with Crippen molar-refractivity contribution in [1.29, 1.82) is 0 Å². The summed E-state index contributed by atoms with van der Waals surface area (Å²) in [5.74, 6) is -0.324. The third kappa shape index (κ3) is 2.52. The summed E-state index contributed by atoms with van der Waals surface area (Å²) < 4.78 is 24.6. The summed E-state index contributed by atoms with van der Waals surface area (Å²) in [4.78, 5) is 12.6. The molecule has 5 heteroatoms. The van der Waals surface area contributed by atoms with Crippen LogP contribution < -0.4 is 9.47 Å². The molecular formula is C19H17FO4. The van der Waals surface area contributed by atoms with Crippen LogP contribution in [0.1, 0.15) is 34.3 Å². The molecule has 0 saturated heterocycles. The van der Waals surface area contributed by atoms with E-state index in [9.17, 15) is 14.3 Å². The van der Waals surface area contributed by atoms with E-state index in [0.717, 1.165) is 0 Å². The van der Waals surface area contributed by atoms with Gasteiger partial charge in [-0.25, -0.2) is 4.39 Å². The molecule has 1 atom stereocenters. The van der Waals surface area contributed by atoms with Crippen LogP contribution in [0.3, 0.4) is 0 Å². The number of phenolic OH excluding ortho intramolecular Hbond substituents is 1. The fourth-order valence-electron chi connectivity index (χ4n) is 3.02. The second-order valence-electron chi connectivity index (χ2n) is 5.65. The number of carbonyl (C=O) groups excluding carboxylic acids is 1. The molecule has 3 rings (SSSR count). The van der Waals surface area contributed by atoms with Crippen LogP contribution in [0.5, 0.6) is 17.2 Å². The summed E-state index contributed by atoms with van der Waals surface area (Å²) in [6.07, 6.45) is 1.68. The fraction of sp³-hybridized carbons (Fsp3) is 0.211. The van der Waals surface area contributed by atoms with Gasteiger partial charge in [0.05, 0.1) is 19.8 Å². The average molecular weight is 328 g/mol. The molecule has 0 aromatic heterocycles. The number of halogens is 1. The Bertz CT molecular complexity index is 832. The molecule has 2 aromatic carbocycles. The molecule has 0 amide bonds. The van der Waals surface area contributed by atoms with Crippen molar-refractivity contribution in [2.24, 2.45) is 0 Å². The number of fused-ring (bicyclic) bond motifs is 1. The maximum Gasteiger partial charge on any atom is 0.193 e. The van der Waals surface area contributed by atoms with Crippen LogP contribution >= 0.6 is 0 Å². The van der Waals surface area contributed by atoms with Crippen molar-refractivity contribution >= 4 is 11.9 Å². The van der Waals surface area contributed by atoms with Crippen molar-refractivity contribution in [2.75, 3.05) is 14.2 Å². The van der Waals surface area contributed by atoms with Crippen molar-refractivity contribution in [2.45, 2.75) is 12.8 Å². The van der Waals surface area contributed by atoms with Crippen molar-refractivity contribution < 1.29 is 23.8 Å². The van der Waals surface area contributed by atoms with E-state index in [1.54, 1.807) is 31.2 Å². The molecule has 0 radical (unpaired) electrons. The van der Waals surface area contributed by atoms with E-state index in [1.807, 2.05) is 0 Å². The molecule has 0 unspecified atom stereocenters. The monoisotopic (exact) mass is 328 g/mol. The van der Waals surface area contributed by atoms with Crippen molar-refractivity contribution in [3.05, 3.63) is 58.4 Å². The lowest BCUT2D eigenvalue weighted by atomic mass is 9.97. The van der Waals surface area contributed by atoms with Crippen LogP contribution in [0.15, 0.2) is 35.9 Å². The molecule has 1 N–H and O–H groups in total. The van der Waals surface area contributed by atoms with E-state index in [-0.39, 0.29) is 22.7 Å². The number of phenols is 1. The zero-order valence-corrected chi connectivity index (χ0v) is 13.6. The molecule has 0 saturated carbocycles. The molecule has 0 heterocycles. The van der Waals surface area contributed by atoms with Gasteiger partial charge in [-0.2, -0.15) is 0 Å². The maximum absolute atomic E-state index is 14.1. The van der Waals surface area contributed by atoms with Crippen LogP contribution in [0, 0.1) is 5.82 Å². The lowest BCUT2D eigenvalue weighted by molar-refractivity contribution is 0.103. The highest BCUT2D eigenvalue weighted by Gasteiger charge is 2.36. The van der Waals surface area contributed by atoms with Crippen LogP contribution in [0.4, 0.5) is 4.39 Å². The first-order chi connectivity index (χ1) is 11.5. The summed E-state index contributed by atoms with van der Waals surface area (Å²) in [7, 11) is 3.08. The van der Waals surface area contributed by atoms with Gasteiger partial charge in [0.2, 0.25) is 0 Å². The first-order valence-corrected chi connectivity index (χ1v) is 7.47. The zero-order valence-electron chi connectivity index (χ0n) is 13.6. The van der Waals surface area contributed by atoms with Gasteiger partial charge in [-0.3, -0.25) is 4.79 Å². The lowest BCUT2D eigenvalue weighted by Gasteiger charge is -2.09. The van der Waals surface area contributed by atoms with E-state index in [0.29, 0.717) is 22.6 Å². The summed E-state index contributed by atoms with van der Waals surface area (Å²) in [5.41, 5.74) is 1.40. The molecule has 0 fully saturated rings. The number of allylic oxidation sites excluding steroid dienone is 1. The number of carbonyl (C=O) groups is 1. The van der Waals surface area contributed by atoms with Crippen LogP contribution in [0.25, 0.3) is 6.08 Å². The molecular weight excluding hydrogens is 311 g/mol. The fourth-order valence-corrected chi connectivity index (χ4v) is 3.02. The Morgan fingerprint density at radius 1 is 1.12 bits per heavy atom. The number of ether oxygens (including phenoxy) is 2. The molecule has 2 aromatic rings. The molecule has 0 aliphatic heterocycles. The molecule has 124 valence electrons. The highest BCUT2D eigenvalue weighted by molar-refractivity contribution is 6.18. The Hall–Kier alpha value is -2.82. The van der Waals surface area contributed by atoms with Gasteiger partial charge in [0.15, 0.2) is 5.78 Å². The van der Waals surface area contributed by atoms with Gasteiger partial charge in [-0.05, 0) is 35.9 Å². The van der Waals surface area contributed by atoms with Gasteiger partial charge in [0.1, 0.15) is 23.1 Å². The average Bonchev–Trinajstić information content (AvgIpc) is 2.83. The summed E-state index contributed by atoms with van der Waals surface area (Å²) >= 11 is 0. The van der Waals surface area contributed by atoms with Crippen molar-refractivity contribution in [3.63, 3.8) is 0 Å². The number of ketones is 1. The van der Waals surface area contributed by atoms with Gasteiger partial charge in [-0.15, -0.1) is 0 Å². The van der Waals surface area contributed by atoms with E-state index < -0.39 is 11.7 Å². The summed E-state index contributed by atoms with van der Waals surface area (Å²) in [5, 5.41) is 9.94. The van der Waals surface area contributed by atoms with E-state index in [4.69, 9.17) is 9.47 Å². The van der Waals surface area contributed by atoms with Crippen LogP contribution in [-0.2, 0) is 0 Å². The number of aromatic hydroxyl groups is 1. The minimum Gasteiger partial charge on any atom is -0.507 e. The third-order valence-corrected chi connectivity index (χ3v) is 4.26. The van der Waals surface area contributed by atoms with Crippen molar-refractivity contribution in [3.8, 4) is 17.2 Å². The SMILES string of the molecule is COc1cc(/C=C2/C(=O)c3c(O)ccc(F)c3[C@H]2C)cc(OC)c1. The smallest absolute Gasteiger partial charge is 0.193 e. The second-order valence-corrected chi connectivity index (χ2v) is 5.65. The largest absolute Gasteiger partial charge is 0.507 e. The first kappa shape index (κ1) is 16.1. The lowest BCUT2D eigenvalue weighted by Crippen LogP contribution is -1.98. The minimum atomic E-state index is -0.490. The first-order valence-electron chi connectivity index (χ1n) is 7.47. The number of benzene rings is 2. The Morgan fingerprint density at radius 2 is 1.75 bits per heavy atom. The molecule has 0 spiro atoms. The topological polar surface area (TPSA) is 55.8 Å². The minimum absolute atomic E-state index is 0.0450. The van der Waals surface area contributed by atoms with E-state index in [1.165, 1.54) is 26.4 Å². The van der Waals surface area contributed by atoms with Gasteiger partial charge in [0.25, 0.3) is 0 Å². The number of methoxy groups -OCH3 is 2. The highest BCUT2D eigenvalue weighted by Crippen LogP contribution is 2.43. The summed E-state index contributed by atoms with van der Waals surface area (Å²) in [6.45, 7) is 1.75. The van der Waals surface area contributed by atoms with Gasteiger partial charge in [-0.1, -0.05) is 6.92 Å². The Balaban J connectivity index is 2.12. The van der Waals surface area contributed by atoms with Gasteiger partial charge in [0, 0.05) is 23.1 Å². The predicted octanol–water partition coefficient (Wildman–Crippen LogP) is 3.93. The van der Waals surface area contributed by atoms with Crippen LogP contribution in [0.2, 0.25) is 0 Å². The number of Topliss-reactive ketones (excluding diaryl/α,β-unsaturated/α-hetero) is 1. The van der Waals surface area contributed by atoms with Gasteiger partial charge < -0.3 is 14.6 Å². The molecule has 24 heavy (non-hydrogen) atoms.